The van der Waals surface area contributed by atoms with Gasteiger partial charge in [-0.2, -0.15) is 5.26 Å². The second kappa shape index (κ2) is 8.32. The maximum atomic E-state index is 9.53. The van der Waals surface area contributed by atoms with Crippen molar-refractivity contribution in [1.82, 2.24) is 4.57 Å². The van der Waals surface area contributed by atoms with Crippen molar-refractivity contribution in [2.75, 3.05) is 0 Å². The molecule has 0 fully saturated rings. The average Bonchev–Trinajstić information content (AvgIpc) is 3.51. The first-order valence-corrected chi connectivity index (χ1v) is 12.8. The zero-order valence-electron chi connectivity index (χ0n) is 19.9. The first kappa shape index (κ1) is 21.8. The highest BCUT2D eigenvalue weighted by Crippen LogP contribution is 2.42. The Morgan fingerprint density at radius 2 is 1.45 bits per heavy atom. The summed E-state index contributed by atoms with van der Waals surface area (Å²) in [6, 6.07) is 34.3. The van der Waals surface area contributed by atoms with Crippen LogP contribution in [0.1, 0.15) is 5.56 Å². The molecule has 0 radical (unpaired) electrons. The maximum Gasteiger partial charge on any atom is 0.189 e. The molecule has 0 aliphatic heterocycles. The molecular formula is C33H16N4S. The Labute approximate surface area is 222 Å². The Balaban J connectivity index is 1.55. The number of thiophene rings is 1. The second-order valence-electron chi connectivity index (χ2n) is 9.12. The van der Waals surface area contributed by atoms with E-state index >= 15 is 0 Å². The van der Waals surface area contributed by atoms with E-state index < -0.39 is 0 Å². The third-order valence-electron chi connectivity index (χ3n) is 7.01. The number of benzene rings is 5. The Hall–Kier alpha value is -5.41. The Morgan fingerprint density at radius 3 is 2.26 bits per heavy atom. The highest BCUT2D eigenvalue weighted by Gasteiger charge is 2.16. The predicted molar refractivity (Wildman–Crippen MR) is 156 cm³/mol. The van der Waals surface area contributed by atoms with Gasteiger partial charge in [0.15, 0.2) is 11.4 Å². The van der Waals surface area contributed by atoms with E-state index in [1.807, 2.05) is 48.5 Å². The van der Waals surface area contributed by atoms with Gasteiger partial charge in [-0.05, 0) is 71.1 Å². The number of nitriles is 1. The summed E-state index contributed by atoms with van der Waals surface area (Å²) in [5, 5.41) is 13.8. The Morgan fingerprint density at radius 1 is 0.684 bits per heavy atom. The summed E-state index contributed by atoms with van der Waals surface area (Å²) in [5.41, 5.74) is 6.46. The van der Waals surface area contributed by atoms with E-state index in [0.717, 1.165) is 38.6 Å². The van der Waals surface area contributed by atoms with Gasteiger partial charge in [-0.15, -0.1) is 11.3 Å². The smallest absolute Gasteiger partial charge is 0.189 e. The van der Waals surface area contributed by atoms with Crippen molar-refractivity contribution in [2.45, 2.75) is 0 Å². The molecule has 0 aliphatic carbocycles. The van der Waals surface area contributed by atoms with Gasteiger partial charge in [-0.25, -0.2) is 9.69 Å². The van der Waals surface area contributed by atoms with Crippen LogP contribution in [0.4, 0.5) is 11.4 Å². The van der Waals surface area contributed by atoms with Gasteiger partial charge in [0.2, 0.25) is 0 Å². The molecule has 5 aromatic carbocycles. The fourth-order valence-electron chi connectivity index (χ4n) is 5.35. The van der Waals surface area contributed by atoms with Gasteiger partial charge in [-0.1, -0.05) is 42.5 Å². The van der Waals surface area contributed by atoms with Crippen LogP contribution in [-0.4, -0.2) is 4.57 Å². The number of hydrogen-bond acceptors (Lipinski definition) is 2. The molecule has 4 nitrogen and oxygen atoms in total. The molecule has 2 aromatic heterocycles. The summed E-state index contributed by atoms with van der Waals surface area (Å²) in [7, 11) is 0. The zero-order chi connectivity index (χ0) is 25.8. The third-order valence-corrected chi connectivity index (χ3v) is 8.23. The van der Waals surface area contributed by atoms with Crippen molar-refractivity contribution < 1.29 is 0 Å². The van der Waals surface area contributed by atoms with Gasteiger partial charge in [0.25, 0.3) is 0 Å². The van der Waals surface area contributed by atoms with E-state index in [9.17, 15) is 5.26 Å². The lowest BCUT2D eigenvalue weighted by Gasteiger charge is -2.12. The molecule has 7 aromatic rings. The Bertz CT molecular complexity index is 2160. The fraction of sp³-hybridized carbons (Fsp3) is 0. The van der Waals surface area contributed by atoms with Crippen LogP contribution < -0.4 is 0 Å². The van der Waals surface area contributed by atoms with E-state index in [2.05, 4.69) is 68.9 Å². The summed E-state index contributed by atoms with van der Waals surface area (Å²) in [4.78, 5) is 7.44. The molecule has 38 heavy (non-hydrogen) atoms. The summed E-state index contributed by atoms with van der Waals surface area (Å²) < 4.78 is 4.56. The summed E-state index contributed by atoms with van der Waals surface area (Å²) in [5.74, 6) is 0. The molecule has 0 bridgehead atoms. The molecular weight excluding hydrogens is 484 g/mol. The molecule has 0 unspecified atom stereocenters. The van der Waals surface area contributed by atoms with Gasteiger partial charge in [0, 0.05) is 31.2 Å². The van der Waals surface area contributed by atoms with E-state index in [0.29, 0.717) is 16.9 Å². The number of hydrogen-bond donors (Lipinski definition) is 0. The fourth-order valence-corrected chi connectivity index (χ4v) is 6.59. The van der Waals surface area contributed by atoms with Crippen LogP contribution in [0.25, 0.3) is 68.5 Å². The van der Waals surface area contributed by atoms with E-state index in [-0.39, 0.29) is 0 Å². The van der Waals surface area contributed by atoms with Crippen LogP contribution in [0.15, 0.2) is 97.1 Å². The standard InChI is InChI=1S/C33H16N4S/c1-35-22-11-13-31-29(18-22)28-14-20(19-34)10-12-30(28)37(31)24-16-21(15-23(17-24)36-2)25-7-5-8-27-26-6-3-4-9-32(26)38-33(25)27/h3-18H. The lowest BCUT2D eigenvalue weighted by atomic mass is 10.0. The first-order chi connectivity index (χ1) is 18.7. The minimum absolute atomic E-state index is 0.547. The van der Waals surface area contributed by atoms with Gasteiger partial charge >= 0.3 is 0 Å². The lowest BCUT2D eigenvalue weighted by molar-refractivity contribution is 1.18. The van der Waals surface area contributed by atoms with Crippen molar-refractivity contribution in [3.63, 3.8) is 0 Å². The number of fused-ring (bicyclic) bond motifs is 6. The molecule has 0 amide bonds. The molecule has 0 aliphatic rings. The molecule has 0 N–H and O–H groups in total. The SMILES string of the molecule is [C-]#[N+]c1cc(-c2cccc3c2sc2ccccc23)cc(-n2c3ccc(C#N)cc3c3cc([N+]#[C-])ccc32)c1. The monoisotopic (exact) mass is 500 g/mol. The summed E-state index contributed by atoms with van der Waals surface area (Å²) in [6.07, 6.45) is 0. The largest absolute Gasteiger partial charge is 0.311 e. The van der Waals surface area contributed by atoms with Gasteiger partial charge in [0.05, 0.1) is 35.8 Å². The summed E-state index contributed by atoms with van der Waals surface area (Å²) in [6.45, 7) is 15.3. The van der Waals surface area contributed by atoms with Crippen molar-refractivity contribution in [2.24, 2.45) is 0 Å². The first-order valence-electron chi connectivity index (χ1n) is 12.0. The maximum absolute atomic E-state index is 9.53. The average molecular weight is 501 g/mol. The molecule has 0 atom stereocenters. The van der Waals surface area contributed by atoms with Crippen LogP contribution in [0.3, 0.4) is 0 Å². The van der Waals surface area contributed by atoms with Crippen molar-refractivity contribution in [3.8, 4) is 22.9 Å². The minimum Gasteiger partial charge on any atom is -0.311 e. The normalized spacial score (nSPS) is 11.1. The van der Waals surface area contributed by atoms with Crippen molar-refractivity contribution in [3.05, 3.63) is 125 Å². The summed E-state index contributed by atoms with van der Waals surface area (Å²) >= 11 is 1.77. The van der Waals surface area contributed by atoms with Crippen molar-refractivity contribution >= 4 is 64.7 Å². The molecule has 0 saturated heterocycles. The van der Waals surface area contributed by atoms with E-state index in [4.69, 9.17) is 13.1 Å². The topological polar surface area (TPSA) is 37.4 Å². The molecule has 0 saturated carbocycles. The zero-order valence-corrected chi connectivity index (χ0v) is 20.8. The van der Waals surface area contributed by atoms with Crippen molar-refractivity contribution in [1.29, 1.82) is 5.26 Å². The quantitative estimate of drug-likeness (QED) is 0.218. The van der Waals surface area contributed by atoms with Crippen LogP contribution >= 0.6 is 11.3 Å². The van der Waals surface area contributed by atoms with Crippen LogP contribution in [0.2, 0.25) is 0 Å². The highest BCUT2D eigenvalue weighted by molar-refractivity contribution is 7.26. The predicted octanol–water partition coefficient (Wildman–Crippen LogP) is 9.79. The van der Waals surface area contributed by atoms with Crippen LogP contribution in [0, 0.1) is 24.5 Å². The van der Waals surface area contributed by atoms with Crippen LogP contribution in [-0.2, 0) is 0 Å². The molecule has 2 heterocycles. The Kier molecular flexibility index (Phi) is 4.78. The van der Waals surface area contributed by atoms with Gasteiger partial charge in [0.1, 0.15) is 0 Å². The highest BCUT2D eigenvalue weighted by atomic mass is 32.1. The van der Waals surface area contributed by atoms with Crippen LogP contribution in [0.5, 0.6) is 0 Å². The second-order valence-corrected chi connectivity index (χ2v) is 10.2. The molecule has 5 heteroatoms. The minimum atomic E-state index is 0.547. The molecule has 0 spiro atoms. The van der Waals surface area contributed by atoms with E-state index in [1.54, 1.807) is 11.3 Å². The van der Waals surface area contributed by atoms with E-state index in [1.165, 1.54) is 20.2 Å². The molecule has 174 valence electrons. The lowest BCUT2D eigenvalue weighted by Crippen LogP contribution is -1.94. The van der Waals surface area contributed by atoms with Gasteiger partial charge < -0.3 is 4.57 Å². The number of nitrogens with zero attached hydrogens (tertiary/aromatic N) is 4. The molecule has 7 rings (SSSR count). The van der Waals surface area contributed by atoms with Gasteiger partial charge in [-0.3, -0.25) is 0 Å². The number of aromatic nitrogens is 1. The third kappa shape index (κ3) is 3.19. The number of rotatable bonds is 2.